The number of hydrogen-bond acceptors (Lipinski definition) is 1. The first-order valence-corrected chi connectivity index (χ1v) is 18.7. The molecule has 0 saturated heterocycles. The largest absolute Gasteiger partial charge is 0.331 e. The molecule has 0 aliphatic heterocycles. The van der Waals surface area contributed by atoms with Crippen LogP contribution in [-0.4, -0.2) is 9.55 Å². The highest BCUT2D eigenvalue weighted by atomic mass is 15.1. The normalized spacial score (nSPS) is 14.0. The van der Waals surface area contributed by atoms with Gasteiger partial charge in [0.25, 0.3) is 0 Å². The standard InChI is InChI=1S/C38H74N2/c1-5-8-10-12-14-16-18-20-21-23-25-27-29-31-33-37(38(4,7-3)40-35-34-39-36-40)32-30-28-26-24-22-19-17-15-13-11-9-6-2/h34-37H,5-33H2,1-4H3. The van der Waals surface area contributed by atoms with Crippen LogP contribution in [0.2, 0.25) is 0 Å². The van der Waals surface area contributed by atoms with Crippen molar-refractivity contribution in [2.45, 2.75) is 219 Å². The molecule has 2 atom stereocenters. The molecule has 2 unspecified atom stereocenters. The lowest BCUT2D eigenvalue weighted by molar-refractivity contribution is 0.153. The third kappa shape index (κ3) is 18.6. The molecule has 1 heterocycles. The van der Waals surface area contributed by atoms with E-state index in [9.17, 15) is 0 Å². The second-order valence-electron chi connectivity index (χ2n) is 13.4. The molecule has 0 saturated carbocycles. The zero-order valence-corrected chi connectivity index (χ0v) is 28.2. The van der Waals surface area contributed by atoms with E-state index in [1.54, 1.807) is 0 Å². The van der Waals surface area contributed by atoms with Crippen molar-refractivity contribution < 1.29 is 0 Å². The summed E-state index contributed by atoms with van der Waals surface area (Å²) >= 11 is 0. The van der Waals surface area contributed by atoms with E-state index >= 15 is 0 Å². The van der Waals surface area contributed by atoms with E-state index in [0.29, 0.717) is 0 Å². The predicted octanol–water partition coefficient (Wildman–Crippen LogP) is 13.6. The van der Waals surface area contributed by atoms with E-state index in [2.05, 4.69) is 49.8 Å². The fraction of sp³-hybridized carbons (Fsp3) is 0.921. The third-order valence-corrected chi connectivity index (χ3v) is 10.0. The maximum absolute atomic E-state index is 4.42. The number of nitrogens with zero attached hydrogens (tertiary/aromatic N) is 2. The summed E-state index contributed by atoms with van der Waals surface area (Å²) in [7, 11) is 0. The summed E-state index contributed by atoms with van der Waals surface area (Å²) in [5.41, 5.74) is 0.213. The maximum Gasteiger partial charge on any atom is 0.0951 e. The van der Waals surface area contributed by atoms with E-state index in [4.69, 9.17) is 0 Å². The van der Waals surface area contributed by atoms with Crippen LogP contribution in [0.4, 0.5) is 0 Å². The molecule has 236 valence electrons. The van der Waals surface area contributed by atoms with Gasteiger partial charge in [0.05, 0.1) is 6.33 Å². The molecule has 0 N–H and O–H groups in total. The van der Waals surface area contributed by atoms with Crippen molar-refractivity contribution in [3.63, 3.8) is 0 Å². The van der Waals surface area contributed by atoms with Crippen LogP contribution < -0.4 is 0 Å². The van der Waals surface area contributed by atoms with Crippen LogP contribution in [-0.2, 0) is 5.54 Å². The van der Waals surface area contributed by atoms with E-state index in [1.807, 2.05) is 6.20 Å². The Hall–Kier alpha value is -0.790. The molecule has 1 rings (SSSR count). The number of rotatable bonds is 31. The van der Waals surface area contributed by atoms with Gasteiger partial charge in [0.1, 0.15) is 0 Å². The Balaban J connectivity index is 2.21. The smallest absolute Gasteiger partial charge is 0.0951 e. The molecule has 2 nitrogen and oxygen atoms in total. The van der Waals surface area contributed by atoms with Crippen LogP contribution in [0.3, 0.4) is 0 Å². The number of hydrogen-bond donors (Lipinski definition) is 0. The highest BCUT2D eigenvalue weighted by Crippen LogP contribution is 2.37. The van der Waals surface area contributed by atoms with Crippen LogP contribution in [0.1, 0.15) is 214 Å². The predicted molar refractivity (Wildman–Crippen MR) is 180 cm³/mol. The van der Waals surface area contributed by atoms with Crippen molar-refractivity contribution in [2.75, 3.05) is 0 Å². The first kappa shape index (κ1) is 37.2. The van der Waals surface area contributed by atoms with Gasteiger partial charge in [-0.3, -0.25) is 0 Å². The quantitative estimate of drug-likeness (QED) is 0.0828. The van der Waals surface area contributed by atoms with Crippen LogP contribution in [0.15, 0.2) is 18.7 Å². The van der Waals surface area contributed by atoms with Gasteiger partial charge >= 0.3 is 0 Å². The lowest BCUT2D eigenvalue weighted by atomic mass is 9.76. The Morgan fingerprint density at radius 2 is 0.825 bits per heavy atom. The summed E-state index contributed by atoms with van der Waals surface area (Å²) in [5.74, 6) is 0.771. The number of unbranched alkanes of at least 4 members (excludes halogenated alkanes) is 24. The molecule has 0 fully saturated rings. The summed E-state index contributed by atoms with van der Waals surface area (Å²) in [6.45, 7) is 9.51. The summed E-state index contributed by atoms with van der Waals surface area (Å²) in [5, 5.41) is 0. The SMILES string of the molecule is CCCCCCCCCCCCCCCCC(CCCCCCCCCCCCCC)C(C)(CC)n1ccnc1. The zero-order valence-electron chi connectivity index (χ0n) is 28.2. The second-order valence-corrected chi connectivity index (χ2v) is 13.4. The molecule has 0 bridgehead atoms. The van der Waals surface area contributed by atoms with Crippen LogP contribution in [0, 0.1) is 5.92 Å². The summed E-state index contributed by atoms with van der Waals surface area (Å²) in [6, 6.07) is 0. The lowest BCUT2D eigenvalue weighted by Gasteiger charge is -2.39. The summed E-state index contributed by atoms with van der Waals surface area (Å²) in [6.07, 6.45) is 47.7. The Kier molecular flexibility index (Phi) is 25.2. The van der Waals surface area contributed by atoms with E-state index in [-0.39, 0.29) is 5.54 Å². The van der Waals surface area contributed by atoms with Gasteiger partial charge in [0.2, 0.25) is 0 Å². The second kappa shape index (κ2) is 27.1. The van der Waals surface area contributed by atoms with E-state index in [0.717, 1.165) is 5.92 Å². The van der Waals surface area contributed by atoms with Gasteiger partial charge in [0, 0.05) is 17.9 Å². The average Bonchev–Trinajstić information content (AvgIpc) is 3.52. The van der Waals surface area contributed by atoms with Gasteiger partial charge in [-0.2, -0.15) is 0 Å². The van der Waals surface area contributed by atoms with Crippen LogP contribution in [0.5, 0.6) is 0 Å². The highest BCUT2D eigenvalue weighted by Gasteiger charge is 2.33. The molecule has 0 radical (unpaired) electrons. The molecule has 0 amide bonds. The minimum Gasteiger partial charge on any atom is -0.331 e. The first-order chi connectivity index (χ1) is 19.7. The number of aromatic nitrogens is 2. The van der Waals surface area contributed by atoms with E-state index in [1.165, 1.54) is 186 Å². The van der Waals surface area contributed by atoms with Crippen molar-refractivity contribution in [1.82, 2.24) is 9.55 Å². The maximum atomic E-state index is 4.42. The van der Waals surface area contributed by atoms with Gasteiger partial charge in [-0.1, -0.05) is 188 Å². The fourth-order valence-corrected chi connectivity index (χ4v) is 6.83. The van der Waals surface area contributed by atoms with E-state index < -0.39 is 0 Å². The van der Waals surface area contributed by atoms with Gasteiger partial charge in [-0.15, -0.1) is 0 Å². The van der Waals surface area contributed by atoms with Crippen molar-refractivity contribution in [1.29, 1.82) is 0 Å². The molecule has 0 spiro atoms. The Morgan fingerprint density at radius 3 is 1.10 bits per heavy atom. The van der Waals surface area contributed by atoms with Gasteiger partial charge in [-0.25, -0.2) is 4.98 Å². The summed E-state index contributed by atoms with van der Waals surface area (Å²) < 4.78 is 2.43. The minimum atomic E-state index is 0.213. The molecule has 1 aromatic heterocycles. The van der Waals surface area contributed by atoms with Crippen molar-refractivity contribution in [2.24, 2.45) is 5.92 Å². The molecule has 0 aromatic carbocycles. The average molecular weight is 559 g/mol. The Bertz CT molecular complexity index is 609. The molecular weight excluding hydrogens is 484 g/mol. The van der Waals surface area contributed by atoms with Gasteiger partial charge in [0.15, 0.2) is 0 Å². The molecular formula is C38H74N2. The Morgan fingerprint density at radius 1 is 0.500 bits per heavy atom. The molecule has 0 aliphatic rings. The van der Waals surface area contributed by atoms with Gasteiger partial charge < -0.3 is 4.57 Å². The number of imidazole rings is 1. The van der Waals surface area contributed by atoms with Crippen molar-refractivity contribution in [3.05, 3.63) is 18.7 Å². The zero-order chi connectivity index (χ0) is 29.0. The third-order valence-electron chi connectivity index (χ3n) is 10.0. The molecule has 40 heavy (non-hydrogen) atoms. The lowest BCUT2D eigenvalue weighted by Crippen LogP contribution is -2.37. The molecule has 2 heteroatoms. The molecule has 0 aliphatic carbocycles. The highest BCUT2D eigenvalue weighted by molar-refractivity contribution is 4.93. The fourth-order valence-electron chi connectivity index (χ4n) is 6.83. The monoisotopic (exact) mass is 559 g/mol. The minimum absolute atomic E-state index is 0.213. The van der Waals surface area contributed by atoms with Crippen LogP contribution in [0.25, 0.3) is 0 Å². The van der Waals surface area contributed by atoms with Crippen LogP contribution >= 0.6 is 0 Å². The summed E-state index contributed by atoms with van der Waals surface area (Å²) in [4.78, 5) is 4.42. The topological polar surface area (TPSA) is 17.8 Å². The van der Waals surface area contributed by atoms with Gasteiger partial charge in [-0.05, 0) is 32.1 Å². The van der Waals surface area contributed by atoms with Crippen molar-refractivity contribution in [3.8, 4) is 0 Å². The molecule has 1 aromatic rings. The Labute approximate surface area is 253 Å². The van der Waals surface area contributed by atoms with Crippen molar-refractivity contribution >= 4 is 0 Å². The first-order valence-electron chi connectivity index (χ1n) is 18.7.